The van der Waals surface area contributed by atoms with E-state index in [2.05, 4.69) is 5.32 Å². The van der Waals surface area contributed by atoms with Gasteiger partial charge in [0.2, 0.25) is 15.9 Å². The number of piperazine rings is 1. The zero-order valence-electron chi connectivity index (χ0n) is 29.6. The molecule has 2 atom stereocenters. The van der Waals surface area contributed by atoms with Gasteiger partial charge in [-0.1, -0.05) is 17.7 Å². The lowest BCUT2D eigenvalue weighted by atomic mass is 10.1. The summed E-state index contributed by atoms with van der Waals surface area (Å²) in [5.74, 6) is -1.16. The van der Waals surface area contributed by atoms with Crippen molar-refractivity contribution in [1.29, 1.82) is 0 Å². The molecule has 0 bridgehead atoms. The average molecular weight is 702 g/mol. The Morgan fingerprint density at radius 3 is 2.00 bits per heavy atom. The van der Waals surface area contributed by atoms with E-state index >= 15 is 0 Å². The predicted octanol–water partition coefficient (Wildman–Crippen LogP) is 4.77. The molecular formula is C35H49N4O9S+. The van der Waals surface area contributed by atoms with Crippen LogP contribution in [0.15, 0.2) is 53.4 Å². The third kappa shape index (κ3) is 8.85. The molecule has 0 saturated carbocycles. The molecule has 0 spiro atoms. The number of aryl methyl sites for hydroxylation is 1. The van der Waals surface area contributed by atoms with Crippen molar-refractivity contribution in [2.24, 2.45) is 0 Å². The number of quaternary nitrogens is 1. The molecule has 4 rings (SSSR count). The van der Waals surface area contributed by atoms with Crippen molar-refractivity contribution in [3.8, 4) is 5.75 Å². The Morgan fingerprint density at radius 2 is 1.45 bits per heavy atom. The first-order valence-corrected chi connectivity index (χ1v) is 18.0. The van der Waals surface area contributed by atoms with Gasteiger partial charge in [0.15, 0.2) is 0 Å². The highest BCUT2D eigenvalue weighted by Crippen LogP contribution is 2.32. The highest BCUT2D eigenvalue weighted by atomic mass is 32.2. The summed E-state index contributed by atoms with van der Waals surface area (Å²) in [4.78, 5) is 55.8. The molecule has 0 aromatic heterocycles. The van der Waals surface area contributed by atoms with E-state index in [4.69, 9.17) is 14.2 Å². The number of carbonyl (C=O) groups excluding carboxylic acids is 4. The van der Waals surface area contributed by atoms with Crippen LogP contribution in [-0.4, -0.2) is 97.3 Å². The number of benzene rings is 2. The second-order valence-electron chi connectivity index (χ2n) is 14.5. The smallest absolute Gasteiger partial charge is 0.458 e. The van der Waals surface area contributed by atoms with Crippen molar-refractivity contribution >= 4 is 39.8 Å². The molecule has 0 radical (unpaired) electrons. The minimum Gasteiger partial charge on any atom is -0.458 e. The molecule has 268 valence electrons. The second-order valence-corrected chi connectivity index (χ2v) is 16.4. The molecule has 2 heterocycles. The first-order valence-electron chi connectivity index (χ1n) is 16.5. The highest BCUT2D eigenvalue weighted by molar-refractivity contribution is 7.89. The van der Waals surface area contributed by atoms with Gasteiger partial charge in [0.05, 0.1) is 4.90 Å². The summed E-state index contributed by atoms with van der Waals surface area (Å²) in [5, 5.41) is 3.14. The summed E-state index contributed by atoms with van der Waals surface area (Å²) in [5.41, 5.74) is -0.497. The van der Waals surface area contributed by atoms with Gasteiger partial charge in [0, 0.05) is 25.3 Å². The fourth-order valence-corrected chi connectivity index (χ4v) is 7.39. The van der Waals surface area contributed by atoms with Crippen LogP contribution in [0.1, 0.15) is 66.9 Å². The van der Waals surface area contributed by atoms with Gasteiger partial charge >= 0.3 is 18.2 Å². The van der Waals surface area contributed by atoms with E-state index in [1.54, 1.807) is 53.7 Å². The maximum atomic E-state index is 14.4. The zero-order valence-corrected chi connectivity index (χ0v) is 30.5. The van der Waals surface area contributed by atoms with Gasteiger partial charge in [0.1, 0.15) is 42.1 Å². The van der Waals surface area contributed by atoms with Crippen molar-refractivity contribution in [3.63, 3.8) is 0 Å². The van der Waals surface area contributed by atoms with Crippen LogP contribution in [0, 0.1) is 6.92 Å². The number of amides is 3. The molecular weight excluding hydrogens is 652 g/mol. The Bertz CT molecular complexity index is 1640. The van der Waals surface area contributed by atoms with Crippen molar-refractivity contribution in [2.75, 3.05) is 37.6 Å². The van der Waals surface area contributed by atoms with Crippen molar-refractivity contribution in [1.82, 2.24) is 9.62 Å². The number of carbonyl (C=O) groups is 4. The molecule has 2 aliphatic heterocycles. The Balaban J connectivity index is 1.65. The summed E-state index contributed by atoms with van der Waals surface area (Å²) in [6.07, 6.45) is -0.795. The van der Waals surface area contributed by atoms with Crippen LogP contribution >= 0.6 is 0 Å². The van der Waals surface area contributed by atoms with Gasteiger partial charge in [-0.25, -0.2) is 13.2 Å². The van der Waals surface area contributed by atoms with Gasteiger partial charge in [0.25, 0.3) is 0 Å². The lowest BCUT2D eigenvalue weighted by molar-refractivity contribution is -0.787. The third-order valence-electron chi connectivity index (χ3n) is 8.24. The molecule has 13 nitrogen and oxygen atoms in total. The fraction of sp³-hybridized carbons (Fsp3) is 0.543. The number of esters is 1. The molecule has 0 unspecified atom stereocenters. The first-order chi connectivity index (χ1) is 22.7. The van der Waals surface area contributed by atoms with E-state index in [-0.39, 0.29) is 42.4 Å². The minimum absolute atomic E-state index is 0.0759. The molecule has 2 saturated heterocycles. The van der Waals surface area contributed by atoms with Gasteiger partial charge in [-0.2, -0.15) is 13.9 Å². The summed E-state index contributed by atoms with van der Waals surface area (Å²) >= 11 is 0. The van der Waals surface area contributed by atoms with Gasteiger partial charge < -0.3 is 19.5 Å². The highest BCUT2D eigenvalue weighted by Gasteiger charge is 2.51. The Kier molecular flexibility index (Phi) is 11.3. The topological polar surface area (TPSA) is 149 Å². The molecule has 49 heavy (non-hydrogen) atoms. The molecule has 3 amide bonds. The largest absolute Gasteiger partial charge is 0.532 e. The lowest BCUT2D eigenvalue weighted by Gasteiger charge is -2.35. The quantitative estimate of drug-likeness (QED) is 0.316. The van der Waals surface area contributed by atoms with Gasteiger partial charge in [-0.3, -0.25) is 9.69 Å². The normalized spacial score (nSPS) is 19.1. The van der Waals surface area contributed by atoms with E-state index in [9.17, 15) is 27.6 Å². The third-order valence-corrected chi connectivity index (χ3v) is 10.2. The first kappa shape index (κ1) is 38.0. The molecule has 2 aliphatic rings. The lowest BCUT2D eigenvalue weighted by Crippen LogP contribution is -2.66. The van der Waals surface area contributed by atoms with E-state index in [1.165, 1.54) is 52.5 Å². The molecule has 1 N–H and O–H groups in total. The number of nitrogens with one attached hydrogen (secondary N) is 1. The molecule has 0 aliphatic carbocycles. The summed E-state index contributed by atoms with van der Waals surface area (Å²) in [6.45, 7) is 14.9. The molecule has 2 fully saturated rings. The summed E-state index contributed by atoms with van der Waals surface area (Å²) in [7, 11) is -4.03. The number of sulfonamides is 1. The van der Waals surface area contributed by atoms with Crippen LogP contribution in [0.2, 0.25) is 0 Å². The number of imide groups is 1. The van der Waals surface area contributed by atoms with Crippen LogP contribution in [0.4, 0.5) is 15.3 Å². The van der Waals surface area contributed by atoms with Gasteiger partial charge in [-0.05, 0) is 105 Å². The van der Waals surface area contributed by atoms with Crippen LogP contribution in [0.3, 0.4) is 0 Å². The predicted molar refractivity (Wildman–Crippen MR) is 182 cm³/mol. The SMILES string of the molecule is Cc1ccc(S(=O)(=O)N2CCC[C@H]2C(=O)N(c2ccc(OC(=O)[N+]3(C(=O)OC(C)(C)C)CCNCC3)cc2)[C@@H](C)C(=O)OC(C)(C)C)cc1. The molecule has 14 heteroatoms. The zero-order chi connectivity index (χ0) is 36.4. The van der Waals surface area contributed by atoms with E-state index in [1.807, 2.05) is 6.92 Å². The van der Waals surface area contributed by atoms with Crippen molar-refractivity contribution in [3.05, 3.63) is 54.1 Å². The number of ether oxygens (including phenoxy) is 3. The standard InChI is InChI=1S/C35H49N4O9S/c1-24-11-17-28(18-12-24)49(44,45)37-21-9-10-29(37)30(40)38(25(2)31(41)47-34(3,4)5)26-13-15-27(16-14-26)46-32(42)39(22-19-36-20-23-39)33(43)48-35(6,7)8/h11-18,25,29,36H,9-10,19-23H2,1-8H3/q+1/t25-,29-/m0/s1. The monoisotopic (exact) mass is 701 g/mol. The van der Waals surface area contributed by atoms with E-state index in [0.717, 1.165) is 5.56 Å². The summed E-state index contributed by atoms with van der Waals surface area (Å²) in [6, 6.07) is 10.1. The fourth-order valence-electron chi connectivity index (χ4n) is 5.74. The maximum Gasteiger partial charge on any atom is 0.532 e. The van der Waals surface area contributed by atoms with Crippen LogP contribution in [0.25, 0.3) is 0 Å². The van der Waals surface area contributed by atoms with Crippen molar-refractivity contribution in [2.45, 2.75) is 96.4 Å². The average Bonchev–Trinajstić information content (AvgIpc) is 3.52. The Hall–Kier alpha value is -3.85. The van der Waals surface area contributed by atoms with Crippen molar-refractivity contribution < 1.29 is 46.3 Å². The van der Waals surface area contributed by atoms with Crippen LogP contribution in [-0.2, 0) is 29.1 Å². The molecule has 2 aromatic carbocycles. The van der Waals surface area contributed by atoms with Gasteiger partial charge in [-0.15, -0.1) is 4.48 Å². The number of rotatable bonds is 7. The summed E-state index contributed by atoms with van der Waals surface area (Å²) < 4.78 is 44.9. The number of nitrogens with zero attached hydrogens (tertiary/aromatic N) is 3. The van der Waals surface area contributed by atoms with Crippen LogP contribution < -0.4 is 15.0 Å². The van der Waals surface area contributed by atoms with Crippen LogP contribution in [0.5, 0.6) is 5.75 Å². The number of hydrogen-bond donors (Lipinski definition) is 1. The number of anilines is 1. The molecule has 2 aromatic rings. The Morgan fingerprint density at radius 1 is 0.878 bits per heavy atom. The van der Waals surface area contributed by atoms with E-state index < -0.39 is 61.9 Å². The maximum absolute atomic E-state index is 14.4. The Labute approximate surface area is 289 Å². The number of hydrogen-bond acceptors (Lipinski definition) is 10. The second kappa shape index (κ2) is 14.6. The van der Waals surface area contributed by atoms with E-state index in [0.29, 0.717) is 19.5 Å². The minimum atomic E-state index is -4.03.